The van der Waals surface area contributed by atoms with Crippen molar-refractivity contribution in [3.63, 3.8) is 0 Å². The summed E-state index contributed by atoms with van der Waals surface area (Å²) in [7, 11) is 0. The van der Waals surface area contributed by atoms with E-state index >= 15 is 0 Å². The number of benzene rings is 1. The molecule has 1 N–H and O–H groups in total. The van der Waals surface area contributed by atoms with Crippen molar-refractivity contribution in [2.24, 2.45) is 0 Å². The first-order valence-corrected chi connectivity index (χ1v) is 4.92. The molecule has 80 valence electrons. The fourth-order valence-corrected chi connectivity index (χ4v) is 1.20. The van der Waals surface area contributed by atoms with Gasteiger partial charge < -0.3 is 0 Å². The molecular weight excluding hydrogens is 189 g/mol. The molecule has 1 aromatic rings. The molecule has 0 aliphatic rings. The Labute approximate surface area is 90.7 Å². The second kappa shape index (κ2) is 4.46. The molecule has 0 amide bonds. The molecule has 0 heterocycles. The topological polar surface area (TPSA) is 12.0 Å². The van der Waals surface area contributed by atoms with Crippen LogP contribution in [0.4, 0.5) is 4.39 Å². The van der Waals surface area contributed by atoms with Gasteiger partial charge in [-0.05, 0) is 44.0 Å². The first kappa shape index (κ1) is 11.7. The van der Waals surface area contributed by atoms with Crippen molar-refractivity contribution >= 4 is 0 Å². The van der Waals surface area contributed by atoms with Crippen LogP contribution < -0.4 is 5.32 Å². The van der Waals surface area contributed by atoms with Gasteiger partial charge in [0, 0.05) is 6.54 Å². The van der Waals surface area contributed by atoms with Gasteiger partial charge in [0.05, 0.1) is 5.54 Å². The van der Waals surface area contributed by atoms with E-state index in [9.17, 15) is 4.39 Å². The third kappa shape index (κ3) is 3.38. The number of hydrogen-bond acceptors (Lipinski definition) is 1. The lowest BCUT2D eigenvalue weighted by Gasteiger charge is -2.20. The Balaban J connectivity index is 2.74. The first-order chi connectivity index (χ1) is 6.94. The highest BCUT2D eigenvalue weighted by atomic mass is 19.1. The van der Waals surface area contributed by atoms with Gasteiger partial charge in [-0.1, -0.05) is 12.0 Å². The summed E-state index contributed by atoms with van der Waals surface area (Å²) in [6.07, 6.45) is 5.35. The minimum absolute atomic E-state index is 0.212. The zero-order valence-corrected chi connectivity index (χ0v) is 9.39. The maximum Gasteiger partial charge on any atom is 0.123 e. The van der Waals surface area contributed by atoms with Gasteiger partial charge in [0.2, 0.25) is 0 Å². The number of nitrogens with one attached hydrogen (secondary N) is 1. The van der Waals surface area contributed by atoms with E-state index in [1.165, 1.54) is 12.1 Å². The molecule has 1 rings (SSSR count). The van der Waals surface area contributed by atoms with E-state index in [0.717, 1.165) is 11.1 Å². The Bertz CT molecular complexity index is 388. The second-order valence-electron chi connectivity index (χ2n) is 4.19. The van der Waals surface area contributed by atoms with Crippen LogP contribution >= 0.6 is 0 Å². The van der Waals surface area contributed by atoms with Crippen molar-refractivity contribution in [3.05, 3.63) is 35.1 Å². The predicted octanol–water partition coefficient (Wildman–Crippen LogP) is 2.64. The van der Waals surface area contributed by atoms with E-state index in [4.69, 9.17) is 6.42 Å². The molecular formula is C13H16FN. The number of rotatable bonds is 3. The molecule has 0 aliphatic carbocycles. The molecule has 0 aliphatic heterocycles. The monoisotopic (exact) mass is 205 g/mol. The largest absolute Gasteiger partial charge is 0.297 e. The fourth-order valence-electron chi connectivity index (χ4n) is 1.20. The van der Waals surface area contributed by atoms with Crippen molar-refractivity contribution < 1.29 is 4.39 Å². The van der Waals surface area contributed by atoms with Crippen molar-refractivity contribution in [3.8, 4) is 12.3 Å². The summed E-state index contributed by atoms with van der Waals surface area (Å²) in [5, 5.41) is 3.19. The molecule has 1 aromatic carbocycles. The van der Waals surface area contributed by atoms with Gasteiger partial charge in [0.25, 0.3) is 0 Å². The molecule has 0 atom stereocenters. The Morgan fingerprint density at radius 3 is 2.73 bits per heavy atom. The molecule has 0 unspecified atom stereocenters. The van der Waals surface area contributed by atoms with E-state index < -0.39 is 0 Å². The molecule has 0 fully saturated rings. The Morgan fingerprint density at radius 2 is 2.13 bits per heavy atom. The second-order valence-corrected chi connectivity index (χ2v) is 4.19. The first-order valence-electron chi connectivity index (χ1n) is 4.92. The maximum atomic E-state index is 13.0. The summed E-state index contributed by atoms with van der Waals surface area (Å²) >= 11 is 0. The zero-order valence-electron chi connectivity index (χ0n) is 9.39. The van der Waals surface area contributed by atoms with Crippen LogP contribution in [0.5, 0.6) is 0 Å². The molecule has 1 nitrogen and oxygen atoms in total. The van der Waals surface area contributed by atoms with Crippen LogP contribution in [0.1, 0.15) is 25.0 Å². The standard InChI is InChI=1S/C13H16FN/c1-5-13(3,4)15-9-11-8-12(14)7-6-10(11)2/h1,6-8,15H,9H2,2-4H3. The van der Waals surface area contributed by atoms with Crippen LogP contribution in [-0.2, 0) is 6.54 Å². The van der Waals surface area contributed by atoms with Crippen LogP contribution in [0.2, 0.25) is 0 Å². The summed E-state index contributed by atoms with van der Waals surface area (Å²) in [6.45, 7) is 6.38. The third-order valence-corrected chi connectivity index (χ3v) is 2.39. The molecule has 2 heteroatoms. The van der Waals surface area contributed by atoms with Gasteiger partial charge in [-0.3, -0.25) is 5.32 Å². The molecule has 0 bridgehead atoms. The average molecular weight is 205 g/mol. The van der Waals surface area contributed by atoms with Gasteiger partial charge >= 0.3 is 0 Å². The van der Waals surface area contributed by atoms with Crippen molar-refractivity contribution in [1.82, 2.24) is 5.32 Å². The Kier molecular flexibility index (Phi) is 3.49. The van der Waals surface area contributed by atoms with Crippen molar-refractivity contribution in [2.75, 3.05) is 0 Å². The van der Waals surface area contributed by atoms with E-state index in [-0.39, 0.29) is 11.4 Å². The summed E-state index contributed by atoms with van der Waals surface area (Å²) < 4.78 is 13.0. The highest BCUT2D eigenvalue weighted by Crippen LogP contribution is 2.11. The summed E-state index contributed by atoms with van der Waals surface area (Å²) in [5.41, 5.74) is 1.65. The average Bonchev–Trinajstić information content (AvgIpc) is 2.20. The lowest BCUT2D eigenvalue weighted by molar-refractivity contribution is 0.488. The molecule has 15 heavy (non-hydrogen) atoms. The molecule has 0 saturated carbocycles. The molecule has 0 saturated heterocycles. The minimum atomic E-state index is -0.362. The van der Waals surface area contributed by atoms with Gasteiger partial charge in [0.1, 0.15) is 5.82 Å². The highest BCUT2D eigenvalue weighted by molar-refractivity contribution is 5.27. The lowest BCUT2D eigenvalue weighted by atomic mass is 10.0. The Morgan fingerprint density at radius 1 is 1.47 bits per heavy atom. The Hall–Kier alpha value is -1.33. The van der Waals surface area contributed by atoms with Gasteiger partial charge in [-0.2, -0.15) is 0 Å². The fraction of sp³-hybridized carbons (Fsp3) is 0.385. The van der Waals surface area contributed by atoms with Crippen LogP contribution in [0.15, 0.2) is 18.2 Å². The SMILES string of the molecule is C#CC(C)(C)NCc1cc(F)ccc1C. The normalized spacial score (nSPS) is 11.1. The van der Waals surface area contributed by atoms with Gasteiger partial charge in [0.15, 0.2) is 0 Å². The van der Waals surface area contributed by atoms with Crippen molar-refractivity contribution in [1.29, 1.82) is 0 Å². The summed E-state index contributed by atoms with van der Waals surface area (Å²) in [5.74, 6) is 2.43. The molecule has 0 aromatic heterocycles. The quantitative estimate of drug-likeness (QED) is 0.748. The number of hydrogen-bond donors (Lipinski definition) is 1. The van der Waals surface area contributed by atoms with E-state index in [2.05, 4.69) is 11.2 Å². The van der Waals surface area contributed by atoms with Crippen molar-refractivity contribution in [2.45, 2.75) is 32.9 Å². The highest BCUT2D eigenvalue weighted by Gasteiger charge is 2.12. The number of aryl methyl sites for hydroxylation is 1. The predicted molar refractivity (Wildman–Crippen MR) is 60.9 cm³/mol. The zero-order chi connectivity index (χ0) is 11.5. The van der Waals surface area contributed by atoms with Crippen LogP contribution in [0.25, 0.3) is 0 Å². The smallest absolute Gasteiger partial charge is 0.123 e. The number of halogens is 1. The number of terminal acetylenes is 1. The summed E-state index contributed by atoms with van der Waals surface area (Å²) in [6, 6.07) is 4.77. The minimum Gasteiger partial charge on any atom is -0.297 e. The molecule has 0 spiro atoms. The lowest BCUT2D eigenvalue weighted by Crippen LogP contribution is -2.37. The van der Waals surface area contributed by atoms with E-state index in [1.807, 2.05) is 20.8 Å². The third-order valence-electron chi connectivity index (χ3n) is 2.39. The maximum absolute atomic E-state index is 13.0. The van der Waals surface area contributed by atoms with E-state index in [1.54, 1.807) is 6.07 Å². The van der Waals surface area contributed by atoms with Gasteiger partial charge in [-0.15, -0.1) is 6.42 Å². The molecule has 0 radical (unpaired) electrons. The van der Waals surface area contributed by atoms with Gasteiger partial charge in [-0.25, -0.2) is 4.39 Å². The van der Waals surface area contributed by atoms with Crippen LogP contribution in [0, 0.1) is 25.1 Å². The van der Waals surface area contributed by atoms with Crippen LogP contribution in [0.3, 0.4) is 0 Å². The van der Waals surface area contributed by atoms with E-state index in [0.29, 0.717) is 6.54 Å². The summed E-state index contributed by atoms with van der Waals surface area (Å²) in [4.78, 5) is 0. The van der Waals surface area contributed by atoms with Crippen LogP contribution in [-0.4, -0.2) is 5.54 Å².